The van der Waals surface area contributed by atoms with Crippen molar-refractivity contribution in [2.24, 2.45) is 5.73 Å². The normalized spacial score (nSPS) is 12.2. The Morgan fingerprint density at radius 1 is 1.17 bits per heavy atom. The average molecular weight is 262 g/mol. The van der Waals surface area contributed by atoms with Crippen LogP contribution in [0.15, 0.2) is 42.5 Å². The molecule has 0 heterocycles. The number of nitrogens with two attached hydrogens (primary N) is 1. The fourth-order valence-corrected chi connectivity index (χ4v) is 2.18. The number of rotatable bonds is 3. The Morgan fingerprint density at radius 3 is 2.61 bits per heavy atom. The van der Waals surface area contributed by atoms with Crippen LogP contribution in [0.5, 0.6) is 5.75 Å². The Morgan fingerprint density at radius 2 is 1.94 bits per heavy atom. The van der Waals surface area contributed by atoms with Crippen LogP contribution in [0.4, 0.5) is 0 Å². The van der Waals surface area contributed by atoms with E-state index < -0.39 is 0 Å². The molecule has 2 N–H and O–H groups in total. The van der Waals surface area contributed by atoms with Gasteiger partial charge in [0, 0.05) is 10.6 Å². The van der Waals surface area contributed by atoms with Gasteiger partial charge in [0.15, 0.2) is 0 Å². The van der Waals surface area contributed by atoms with Crippen molar-refractivity contribution >= 4 is 11.6 Å². The summed E-state index contributed by atoms with van der Waals surface area (Å²) < 4.78 is 5.36. The fourth-order valence-electron chi connectivity index (χ4n) is 1.98. The topological polar surface area (TPSA) is 35.2 Å². The highest BCUT2D eigenvalue weighted by molar-refractivity contribution is 6.30. The van der Waals surface area contributed by atoms with Gasteiger partial charge in [0.1, 0.15) is 5.75 Å². The lowest BCUT2D eigenvalue weighted by Gasteiger charge is -2.17. The van der Waals surface area contributed by atoms with Crippen LogP contribution in [-0.2, 0) is 0 Å². The molecule has 2 aromatic carbocycles. The van der Waals surface area contributed by atoms with Gasteiger partial charge in [0.2, 0.25) is 0 Å². The standard InChI is InChI=1S/C15H16ClNO/c1-10-6-7-14(18-2)13(8-10)15(17)11-4-3-5-12(16)9-11/h3-9,15H,17H2,1-2H3. The molecule has 0 fully saturated rings. The summed E-state index contributed by atoms with van der Waals surface area (Å²) in [6.07, 6.45) is 0. The monoisotopic (exact) mass is 261 g/mol. The average Bonchev–Trinajstić information content (AvgIpc) is 2.38. The van der Waals surface area contributed by atoms with Gasteiger partial charge in [-0.15, -0.1) is 0 Å². The summed E-state index contributed by atoms with van der Waals surface area (Å²) in [4.78, 5) is 0. The molecule has 0 bridgehead atoms. The molecule has 0 saturated heterocycles. The first-order valence-electron chi connectivity index (χ1n) is 5.77. The van der Waals surface area contributed by atoms with Crippen LogP contribution < -0.4 is 10.5 Å². The van der Waals surface area contributed by atoms with Crippen molar-refractivity contribution in [3.63, 3.8) is 0 Å². The highest BCUT2D eigenvalue weighted by Gasteiger charge is 2.14. The zero-order valence-electron chi connectivity index (χ0n) is 10.5. The van der Waals surface area contributed by atoms with E-state index >= 15 is 0 Å². The van der Waals surface area contributed by atoms with Gasteiger partial charge in [-0.3, -0.25) is 0 Å². The Labute approximate surface area is 112 Å². The quantitative estimate of drug-likeness (QED) is 0.914. The van der Waals surface area contributed by atoms with Crippen LogP contribution >= 0.6 is 11.6 Å². The van der Waals surface area contributed by atoms with Crippen molar-refractivity contribution < 1.29 is 4.74 Å². The summed E-state index contributed by atoms with van der Waals surface area (Å²) in [5, 5.41) is 0.689. The van der Waals surface area contributed by atoms with Gasteiger partial charge in [-0.05, 0) is 30.7 Å². The van der Waals surface area contributed by atoms with Crippen molar-refractivity contribution in [3.05, 3.63) is 64.2 Å². The highest BCUT2D eigenvalue weighted by Crippen LogP contribution is 2.30. The molecule has 0 aliphatic rings. The maximum Gasteiger partial charge on any atom is 0.123 e. The van der Waals surface area contributed by atoms with Gasteiger partial charge in [-0.25, -0.2) is 0 Å². The van der Waals surface area contributed by atoms with E-state index in [1.165, 1.54) is 0 Å². The third-order valence-corrected chi connectivity index (χ3v) is 3.16. The summed E-state index contributed by atoms with van der Waals surface area (Å²) in [6, 6.07) is 13.3. The highest BCUT2D eigenvalue weighted by atomic mass is 35.5. The van der Waals surface area contributed by atoms with E-state index in [4.69, 9.17) is 22.1 Å². The molecular weight excluding hydrogens is 246 g/mol. The Balaban J connectivity index is 2.44. The second-order valence-electron chi connectivity index (χ2n) is 4.28. The van der Waals surface area contributed by atoms with E-state index in [-0.39, 0.29) is 6.04 Å². The van der Waals surface area contributed by atoms with Gasteiger partial charge in [0.05, 0.1) is 13.2 Å². The Hall–Kier alpha value is -1.51. The summed E-state index contributed by atoms with van der Waals surface area (Å²) >= 11 is 5.99. The summed E-state index contributed by atoms with van der Waals surface area (Å²) in [5.41, 5.74) is 9.40. The first-order valence-corrected chi connectivity index (χ1v) is 6.15. The smallest absolute Gasteiger partial charge is 0.123 e. The third-order valence-electron chi connectivity index (χ3n) is 2.93. The molecule has 0 amide bonds. The van der Waals surface area contributed by atoms with Crippen molar-refractivity contribution in [3.8, 4) is 5.75 Å². The van der Waals surface area contributed by atoms with E-state index in [1.807, 2.05) is 49.4 Å². The van der Waals surface area contributed by atoms with Crippen LogP contribution in [0.2, 0.25) is 5.02 Å². The lowest BCUT2D eigenvalue weighted by atomic mass is 9.97. The number of hydrogen-bond donors (Lipinski definition) is 1. The van der Waals surface area contributed by atoms with Gasteiger partial charge < -0.3 is 10.5 Å². The fraction of sp³-hybridized carbons (Fsp3) is 0.200. The molecule has 94 valence electrons. The SMILES string of the molecule is COc1ccc(C)cc1C(N)c1cccc(Cl)c1. The molecule has 0 saturated carbocycles. The van der Waals surface area contributed by atoms with E-state index in [2.05, 4.69) is 0 Å². The molecular formula is C15H16ClNO. The van der Waals surface area contributed by atoms with Crippen molar-refractivity contribution in [2.45, 2.75) is 13.0 Å². The van der Waals surface area contributed by atoms with Crippen molar-refractivity contribution in [1.82, 2.24) is 0 Å². The zero-order valence-corrected chi connectivity index (χ0v) is 11.2. The van der Waals surface area contributed by atoms with Gasteiger partial charge >= 0.3 is 0 Å². The molecule has 2 aromatic rings. The number of methoxy groups -OCH3 is 1. The molecule has 2 nitrogen and oxygen atoms in total. The summed E-state index contributed by atoms with van der Waals surface area (Å²) in [5.74, 6) is 0.799. The summed E-state index contributed by atoms with van der Waals surface area (Å²) in [6.45, 7) is 2.04. The molecule has 0 radical (unpaired) electrons. The lowest BCUT2D eigenvalue weighted by Crippen LogP contribution is -2.13. The number of benzene rings is 2. The first-order chi connectivity index (χ1) is 8.61. The van der Waals surface area contributed by atoms with Gasteiger partial charge in [-0.2, -0.15) is 0 Å². The zero-order chi connectivity index (χ0) is 13.1. The Kier molecular flexibility index (Phi) is 3.90. The van der Waals surface area contributed by atoms with Crippen molar-refractivity contribution in [2.75, 3.05) is 7.11 Å². The molecule has 1 atom stereocenters. The van der Waals surface area contributed by atoms with Gasteiger partial charge in [0.25, 0.3) is 0 Å². The minimum absolute atomic E-state index is 0.237. The number of aryl methyl sites for hydroxylation is 1. The molecule has 0 spiro atoms. The molecule has 1 unspecified atom stereocenters. The molecule has 2 rings (SSSR count). The van der Waals surface area contributed by atoms with E-state index in [0.717, 1.165) is 22.4 Å². The van der Waals surface area contributed by atoms with Crippen LogP contribution in [0.25, 0.3) is 0 Å². The molecule has 0 aliphatic carbocycles. The van der Waals surface area contributed by atoms with E-state index in [0.29, 0.717) is 5.02 Å². The van der Waals surface area contributed by atoms with E-state index in [9.17, 15) is 0 Å². The van der Waals surface area contributed by atoms with Crippen LogP contribution in [0, 0.1) is 6.92 Å². The van der Waals surface area contributed by atoms with Crippen molar-refractivity contribution in [1.29, 1.82) is 0 Å². The van der Waals surface area contributed by atoms with Crippen LogP contribution in [0.1, 0.15) is 22.7 Å². The molecule has 18 heavy (non-hydrogen) atoms. The minimum atomic E-state index is -0.237. The van der Waals surface area contributed by atoms with Crippen LogP contribution in [-0.4, -0.2) is 7.11 Å². The predicted octanol–water partition coefficient (Wildman–Crippen LogP) is 3.71. The third kappa shape index (κ3) is 2.66. The lowest BCUT2D eigenvalue weighted by molar-refractivity contribution is 0.407. The number of ether oxygens (including phenoxy) is 1. The number of hydrogen-bond acceptors (Lipinski definition) is 2. The maximum atomic E-state index is 6.29. The molecule has 3 heteroatoms. The van der Waals surface area contributed by atoms with Crippen LogP contribution in [0.3, 0.4) is 0 Å². The Bertz CT molecular complexity index is 554. The predicted molar refractivity (Wildman–Crippen MR) is 75.2 cm³/mol. The summed E-state index contributed by atoms with van der Waals surface area (Å²) in [7, 11) is 1.65. The first kappa shape index (κ1) is 12.9. The molecule has 0 aromatic heterocycles. The largest absolute Gasteiger partial charge is 0.496 e. The molecule has 0 aliphatic heterocycles. The van der Waals surface area contributed by atoms with Gasteiger partial charge in [-0.1, -0.05) is 41.4 Å². The maximum absolute atomic E-state index is 6.29. The second-order valence-corrected chi connectivity index (χ2v) is 4.71. The van der Waals surface area contributed by atoms with E-state index in [1.54, 1.807) is 7.11 Å². The number of halogens is 1. The second kappa shape index (κ2) is 5.42. The minimum Gasteiger partial charge on any atom is -0.496 e.